The van der Waals surface area contributed by atoms with Gasteiger partial charge in [-0.1, -0.05) is 32.1 Å². The van der Waals surface area contributed by atoms with Gasteiger partial charge in [0.05, 0.1) is 12.6 Å². The number of nitrogens with zero attached hydrogens (tertiary/aromatic N) is 2. The molecule has 0 spiro atoms. The molecule has 1 aromatic rings. The minimum atomic E-state index is -0.228. The van der Waals surface area contributed by atoms with Crippen molar-refractivity contribution in [3.8, 4) is 0 Å². The Balaban J connectivity index is 1.97. The van der Waals surface area contributed by atoms with Crippen LogP contribution in [0.5, 0.6) is 0 Å². The predicted octanol–water partition coefficient (Wildman–Crippen LogP) is 4.22. The van der Waals surface area contributed by atoms with Crippen molar-refractivity contribution in [1.82, 2.24) is 9.78 Å². The van der Waals surface area contributed by atoms with Crippen molar-refractivity contribution in [3.63, 3.8) is 0 Å². The van der Waals surface area contributed by atoms with Crippen LogP contribution in [0, 0.1) is 0 Å². The van der Waals surface area contributed by atoms with Crippen LogP contribution in [0.25, 0.3) is 0 Å². The van der Waals surface area contributed by atoms with Crippen LogP contribution < -0.4 is 0 Å². The van der Waals surface area contributed by atoms with E-state index in [0.29, 0.717) is 18.3 Å². The maximum atomic E-state index is 12.3. The largest absolute Gasteiger partial charge is 0.461 e. The number of carbonyl (C=O) groups is 1. The van der Waals surface area contributed by atoms with E-state index in [0.717, 1.165) is 19.3 Å². The topological polar surface area (TPSA) is 44.1 Å². The Labute approximate surface area is 133 Å². The van der Waals surface area contributed by atoms with E-state index in [-0.39, 0.29) is 5.97 Å². The average molecular weight is 304 g/mol. The minimum absolute atomic E-state index is 0.228. The van der Waals surface area contributed by atoms with Crippen LogP contribution in [0.1, 0.15) is 92.5 Å². The number of fused-ring (bicyclic) bond motifs is 1. The summed E-state index contributed by atoms with van der Waals surface area (Å²) in [5, 5.41) is 4.76. The summed E-state index contributed by atoms with van der Waals surface area (Å²) < 4.78 is 7.47. The highest BCUT2D eigenvalue weighted by Crippen LogP contribution is 2.33. The highest BCUT2D eigenvalue weighted by molar-refractivity contribution is 5.89. The molecule has 2 aliphatic rings. The third kappa shape index (κ3) is 3.21. The molecule has 0 aliphatic heterocycles. The molecule has 1 fully saturated rings. The van der Waals surface area contributed by atoms with Crippen molar-refractivity contribution >= 4 is 5.97 Å². The van der Waals surface area contributed by atoms with E-state index in [2.05, 4.69) is 4.68 Å². The number of carbonyl (C=O) groups excluding carboxylic acids is 1. The van der Waals surface area contributed by atoms with Crippen LogP contribution >= 0.6 is 0 Å². The summed E-state index contributed by atoms with van der Waals surface area (Å²) >= 11 is 0. The molecular formula is C18H28N2O2. The lowest BCUT2D eigenvalue weighted by molar-refractivity contribution is 0.0516. The molecule has 0 amide bonds. The number of aromatic nitrogens is 2. The van der Waals surface area contributed by atoms with E-state index in [1.807, 2.05) is 6.92 Å². The number of ether oxygens (including phenoxy) is 1. The third-order valence-electron chi connectivity index (χ3n) is 5.10. The van der Waals surface area contributed by atoms with Crippen molar-refractivity contribution in [2.24, 2.45) is 0 Å². The predicted molar refractivity (Wildman–Crippen MR) is 86.2 cm³/mol. The molecule has 0 aromatic carbocycles. The van der Waals surface area contributed by atoms with Gasteiger partial charge in [0, 0.05) is 11.3 Å². The second kappa shape index (κ2) is 7.30. The normalized spacial score (nSPS) is 20.0. The van der Waals surface area contributed by atoms with Gasteiger partial charge in [0.2, 0.25) is 0 Å². The first-order chi connectivity index (χ1) is 10.8. The van der Waals surface area contributed by atoms with E-state index in [4.69, 9.17) is 9.84 Å². The van der Waals surface area contributed by atoms with Crippen molar-refractivity contribution < 1.29 is 9.53 Å². The van der Waals surface area contributed by atoms with Crippen LogP contribution in [0.4, 0.5) is 0 Å². The minimum Gasteiger partial charge on any atom is -0.461 e. The van der Waals surface area contributed by atoms with Gasteiger partial charge in [0.25, 0.3) is 0 Å². The average Bonchev–Trinajstić information content (AvgIpc) is 2.86. The number of hydrogen-bond donors (Lipinski definition) is 0. The lowest BCUT2D eigenvalue weighted by Gasteiger charge is -2.24. The molecule has 4 nitrogen and oxygen atoms in total. The fourth-order valence-electron chi connectivity index (χ4n) is 3.97. The van der Waals surface area contributed by atoms with Gasteiger partial charge in [-0.2, -0.15) is 5.10 Å². The van der Waals surface area contributed by atoms with Gasteiger partial charge in [0.1, 0.15) is 0 Å². The molecule has 4 heteroatoms. The molecule has 1 saturated carbocycles. The van der Waals surface area contributed by atoms with Gasteiger partial charge in [-0.3, -0.25) is 4.68 Å². The molecule has 0 atom stereocenters. The molecule has 0 bridgehead atoms. The Hall–Kier alpha value is -1.32. The smallest absolute Gasteiger partial charge is 0.359 e. The van der Waals surface area contributed by atoms with Gasteiger partial charge >= 0.3 is 5.97 Å². The summed E-state index contributed by atoms with van der Waals surface area (Å²) in [4.78, 5) is 12.3. The van der Waals surface area contributed by atoms with Gasteiger partial charge in [0.15, 0.2) is 5.69 Å². The van der Waals surface area contributed by atoms with E-state index >= 15 is 0 Å². The summed E-state index contributed by atoms with van der Waals surface area (Å²) in [5.74, 6) is -0.228. The van der Waals surface area contributed by atoms with Crippen LogP contribution in [0.15, 0.2) is 0 Å². The Bertz CT molecular complexity index is 515. The van der Waals surface area contributed by atoms with Crippen LogP contribution in [-0.4, -0.2) is 22.4 Å². The van der Waals surface area contributed by atoms with Crippen molar-refractivity contribution in [2.45, 2.75) is 83.6 Å². The van der Waals surface area contributed by atoms with E-state index in [1.54, 1.807) is 0 Å². The Morgan fingerprint density at radius 2 is 1.77 bits per heavy atom. The molecule has 1 aromatic heterocycles. The van der Waals surface area contributed by atoms with Gasteiger partial charge in [-0.15, -0.1) is 0 Å². The van der Waals surface area contributed by atoms with Crippen LogP contribution in [0.2, 0.25) is 0 Å². The third-order valence-corrected chi connectivity index (χ3v) is 5.10. The van der Waals surface area contributed by atoms with E-state index in [1.165, 1.54) is 62.6 Å². The zero-order valence-corrected chi connectivity index (χ0v) is 13.8. The molecule has 1 heterocycles. The zero-order chi connectivity index (χ0) is 15.4. The summed E-state index contributed by atoms with van der Waals surface area (Å²) in [5.41, 5.74) is 3.11. The molecule has 122 valence electrons. The first-order valence-corrected chi connectivity index (χ1v) is 9.08. The van der Waals surface area contributed by atoms with Gasteiger partial charge < -0.3 is 4.74 Å². The molecular weight excluding hydrogens is 276 g/mol. The molecule has 0 radical (unpaired) electrons. The zero-order valence-electron chi connectivity index (χ0n) is 13.8. The van der Waals surface area contributed by atoms with Crippen molar-refractivity contribution in [1.29, 1.82) is 0 Å². The number of hydrogen-bond acceptors (Lipinski definition) is 3. The van der Waals surface area contributed by atoms with Gasteiger partial charge in [-0.05, 0) is 45.4 Å². The Morgan fingerprint density at radius 3 is 2.50 bits per heavy atom. The maximum absolute atomic E-state index is 12.3. The second-order valence-electron chi connectivity index (χ2n) is 6.64. The Kier molecular flexibility index (Phi) is 5.16. The second-order valence-corrected chi connectivity index (χ2v) is 6.64. The summed E-state index contributed by atoms with van der Waals surface area (Å²) in [6.07, 6.45) is 13.3. The van der Waals surface area contributed by atoms with E-state index < -0.39 is 0 Å². The summed E-state index contributed by atoms with van der Waals surface area (Å²) in [7, 11) is 0. The molecule has 0 unspecified atom stereocenters. The first-order valence-electron chi connectivity index (χ1n) is 9.08. The monoisotopic (exact) mass is 304 g/mol. The van der Waals surface area contributed by atoms with E-state index in [9.17, 15) is 4.79 Å². The maximum Gasteiger partial charge on any atom is 0.359 e. The highest BCUT2D eigenvalue weighted by atomic mass is 16.5. The summed E-state index contributed by atoms with van der Waals surface area (Å²) in [6, 6.07) is 0.491. The van der Waals surface area contributed by atoms with Crippen molar-refractivity contribution in [2.75, 3.05) is 6.61 Å². The lowest BCUT2D eigenvalue weighted by atomic mass is 9.93. The quantitative estimate of drug-likeness (QED) is 0.785. The molecule has 0 N–H and O–H groups in total. The Morgan fingerprint density at radius 1 is 1.09 bits per heavy atom. The molecule has 0 saturated heterocycles. The SMILES string of the molecule is CCOC(=O)c1nn(C2CCCCC2)c2c1CCCCCC2. The lowest BCUT2D eigenvalue weighted by Crippen LogP contribution is -2.17. The van der Waals surface area contributed by atoms with Crippen molar-refractivity contribution in [3.05, 3.63) is 17.0 Å². The van der Waals surface area contributed by atoms with Gasteiger partial charge in [-0.25, -0.2) is 4.79 Å². The van der Waals surface area contributed by atoms with Crippen LogP contribution in [-0.2, 0) is 17.6 Å². The fourth-order valence-corrected chi connectivity index (χ4v) is 3.97. The van der Waals surface area contributed by atoms with Crippen LogP contribution in [0.3, 0.4) is 0 Å². The number of esters is 1. The standard InChI is InChI=1S/C18H28N2O2/c1-2-22-18(21)17-15-12-8-3-4-9-13-16(15)20(19-17)14-10-6-5-7-11-14/h14H,2-13H2,1H3. The fraction of sp³-hybridized carbons (Fsp3) is 0.778. The summed E-state index contributed by atoms with van der Waals surface area (Å²) in [6.45, 7) is 2.28. The molecule has 22 heavy (non-hydrogen) atoms. The first kappa shape index (κ1) is 15.6. The molecule has 3 rings (SSSR count). The highest BCUT2D eigenvalue weighted by Gasteiger charge is 2.28. The number of rotatable bonds is 3. The molecule has 2 aliphatic carbocycles.